The predicted octanol–water partition coefficient (Wildman–Crippen LogP) is 5.06. The number of hydrogen-bond donors (Lipinski definition) is 0. The van der Waals surface area contributed by atoms with Crippen molar-refractivity contribution in [3.63, 3.8) is 0 Å². The van der Waals surface area contributed by atoms with E-state index in [2.05, 4.69) is 11.6 Å². The van der Waals surface area contributed by atoms with Gasteiger partial charge in [0.25, 0.3) is 0 Å². The standard InChI is InChI=1S/C27H18BN3O6/c1-3-10-32-16(2)22-12-17-23(34-22)14-26(29-17)30-27-15-24-18(13-25(35-24)19-9-6-11-33-19)31(27)28-36-20-7-4-5-8-21(20)37-28/h3-15H,2H2,1H3/b10-3-,30-26-. The first-order valence-electron chi connectivity index (χ1n) is 11.5. The summed E-state index contributed by atoms with van der Waals surface area (Å²) in [5, 5.41) is 0.640. The summed E-state index contributed by atoms with van der Waals surface area (Å²) >= 11 is 0. The van der Waals surface area contributed by atoms with Gasteiger partial charge in [-0.25, -0.2) is 9.98 Å². The van der Waals surface area contributed by atoms with Crippen molar-refractivity contribution in [1.82, 2.24) is 4.48 Å². The molecule has 0 bridgehead atoms. The van der Waals surface area contributed by atoms with E-state index in [9.17, 15) is 0 Å². The van der Waals surface area contributed by atoms with Crippen LogP contribution in [0.5, 0.6) is 11.5 Å². The molecule has 6 heterocycles. The van der Waals surface area contributed by atoms with E-state index in [4.69, 9.17) is 32.3 Å². The van der Waals surface area contributed by atoms with Gasteiger partial charge < -0.3 is 27.3 Å². The summed E-state index contributed by atoms with van der Waals surface area (Å²) < 4.78 is 36.9. The number of amidine groups is 1. The number of fused-ring (bicyclic) bond motifs is 3. The second-order valence-electron chi connectivity index (χ2n) is 8.30. The fourth-order valence-corrected chi connectivity index (χ4v) is 4.22. The Kier molecular flexibility index (Phi) is 4.71. The average Bonchev–Trinajstić information content (AvgIpc) is 3.70. The number of furan rings is 3. The Morgan fingerprint density at radius 2 is 1.89 bits per heavy atom. The van der Waals surface area contributed by atoms with Crippen LogP contribution in [0.2, 0.25) is 0 Å². The fraction of sp³-hybridized carbons (Fsp3) is 0.0370. The zero-order valence-electron chi connectivity index (χ0n) is 19.6. The number of aromatic nitrogens is 1. The highest BCUT2D eigenvalue weighted by molar-refractivity contribution is 6.48. The van der Waals surface area contributed by atoms with Crippen molar-refractivity contribution in [3.8, 4) is 23.0 Å². The summed E-state index contributed by atoms with van der Waals surface area (Å²) in [6.07, 6.45) is 6.65. The zero-order valence-corrected chi connectivity index (χ0v) is 19.6. The Bertz CT molecular complexity index is 1790. The number of allylic oxidation sites excluding steroid dienone is 1. The fourth-order valence-electron chi connectivity index (χ4n) is 4.22. The third-order valence-electron chi connectivity index (χ3n) is 5.87. The largest absolute Gasteiger partial charge is 0.744 e. The molecular formula is C27H18BN3O6. The Hall–Kier alpha value is -5.12. The topological polar surface area (TPSA) is 96.8 Å². The summed E-state index contributed by atoms with van der Waals surface area (Å²) in [4.78, 5) is 9.36. The van der Waals surface area contributed by atoms with E-state index in [1.54, 1.807) is 30.5 Å². The van der Waals surface area contributed by atoms with E-state index in [0.29, 0.717) is 62.5 Å². The number of hydrogen-bond acceptors (Lipinski definition) is 7. The third-order valence-corrected chi connectivity index (χ3v) is 5.87. The monoisotopic (exact) mass is 491 g/mol. The molecule has 0 saturated heterocycles. The lowest BCUT2D eigenvalue weighted by Gasteiger charge is -2.09. The minimum absolute atomic E-state index is 0.395. The van der Waals surface area contributed by atoms with Gasteiger partial charge in [-0.15, -0.1) is 0 Å². The average molecular weight is 491 g/mol. The second-order valence-corrected chi connectivity index (χ2v) is 8.30. The molecule has 0 saturated carbocycles. The van der Waals surface area contributed by atoms with E-state index >= 15 is 0 Å². The van der Waals surface area contributed by atoms with Crippen molar-refractivity contribution in [3.05, 3.63) is 96.3 Å². The van der Waals surface area contributed by atoms with Gasteiger partial charge in [0.1, 0.15) is 22.7 Å². The van der Waals surface area contributed by atoms with Crippen LogP contribution in [0.15, 0.2) is 103 Å². The third kappa shape index (κ3) is 3.58. The van der Waals surface area contributed by atoms with Crippen LogP contribution in [0, 0.1) is 0 Å². The smallest absolute Gasteiger partial charge is 0.503 e. The lowest BCUT2D eigenvalue weighted by Crippen LogP contribution is -2.33. The van der Waals surface area contributed by atoms with Gasteiger partial charge in [-0.1, -0.05) is 24.8 Å². The predicted molar refractivity (Wildman–Crippen MR) is 137 cm³/mol. The van der Waals surface area contributed by atoms with Crippen LogP contribution in [-0.2, 0) is 4.74 Å². The second kappa shape index (κ2) is 8.23. The van der Waals surface area contributed by atoms with Crippen molar-refractivity contribution in [2.75, 3.05) is 0 Å². The maximum atomic E-state index is 6.10. The normalized spacial score (nSPS) is 14.9. The first-order chi connectivity index (χ1) is 18.2. The van der Waals surface area contributed by atoms with Gasteiger partial charge in [-0.05, 0) is 31.2 Å². The molecule has 1 aromatic carbocycles. The summed E-state index contributed by atoms with van der Waals surface area (Å²) in [5.41, 5.74) is 1.91. The Labute approximate surface area is 210 Å². The van der Waals surface area contributed by atoms with Crippen molar-refractivity contribution in [1.29, 1.82) is 0 Å². The van der Waals surface area contributed by atoms with E-state index in [-0.39, 0.29) is 0 Å². The van der Waals surface area contributed by atoms with E-state index in [0.717, 1.165) is 5.52 Å². The van der Waals surface area contributed by atoms with Gasteiger partial charge >= 0.3 is 7.25 Å². The van der Waals surface area contributed by atoms with Crippen LogP contribution >= 0.6 is 0 Å². The molecule has 0 atom stereocenters. The molecule has 0 N–H and O–H groups in total. The molecule has 4 aromatic heterocycles. The molecule has 37 heavy (non-hydrogen) atoms. The molecule has 180 valence electrons. The first-order valence-corrected chi connectivity index (χ1v) is 11.5. The number of para-hydroxylation sites is 2. The summed E-state index contributed by atoms with van der Waals surface area (Å²) in [7, 11) is -0.785. The van der Waals surface area contributed by atoms with Crippen LogP contribution in [-0.4, -0.2) is 17.6 Å². The highest BCUT2D eigenvalue weighted by atomic mass is 16.6. The molecule has 0 fully saturated rings. The van der Waals surface area contributed by atoms with Crippen molar-refractivity contribution in [2.45, 2.75) is 6.92 Å². The van der Waals surface area contributed by atoms with Gasteiger partial charge in [0, 0.05) is 24.3 Å². The number of benzene rings is 1. The minimum atomic E-state index is -0.785. The van der Waals surface area contributed by atoms with Gasteiger partial charge in [-0.2, -0.15) is 0 Å². The van der Waals surface area contributed by atoms with Crippen LogP contribution < -0.4 is 20.1 Å². The Balaban J connectivity index is 1.29. The lowest BCUT2D eigenvalue weighted by molar-refractivity contribution is 0.403. The van der Waals surface area contributed by atoms with Crippen LogP contribution in [0.3, 0.4) is 0 Å². The maximum Gasteiger partial charge on any atom is 0.744 e. The highest BCUT2D eigenvalue weighted by Gasteiger charge is 2.39. The zero-order chi connectivity index (χ0) is 24.9. The number of aliphatic imine (C=N–C) groups is 1. The summed E-state index contributed by atoms with van der Waals surface area (Å²) in [5.74, 6) is 4.39. The van der Waals surface area contributed by atoms with Gasteiger partial charge in [-0.3, -0.25) is 4.48 Å². The molecule has 0 amide bonds. The molecule has 9 nitrogen and oxygen atoms in total. The number of rotatable bonds is 6. The number of ether oxygens (including phenoxy) is 1. The van der Waals surface area contributed by atoms with E-state index in [1.165, 1.54) is 6.26 Å². The molecule has 7 rings (SSSR count). The lowest BCUT2D eigenvalue weighted by atomic mass is 10.1. The maximum absolute atomic E-state index is 6.10. The quantitative estimate of drug-likeness (QED) is 0.244. The van der Waals surface area contributed by atoms with Gasteiger partial charge in [0.2, 0.25) is 0 Å². The van der Waals surface area contributed by atoms with Crippen molar-refractivity contribution < 1.29 is 27.3 Å². The molecule has 0 radical (unpaired) electrons. The molecule has 0 spiro atoms. The van der Waals surface area contributed by atoms with E-state index < -0.39 is 7.25 Å². The molecule has 2 aliphatic heterocycles. The van der Waals surface area contributed by atoms with Crippen molar-refractivity contribution >= 4 is 41.8 Å². The van der Waals surface area contributed by atoms with Crippen LogP contribution in [0.4, 0.5) is 5.82 Å². The molecule has 0 unspecified atom stereocenters. The molecule has 0 aliphatic carbocycles. The molecule has 10 heteroatoms. The Morgan fingerprint density at radius 1 is 1.05 bits per heavy atom. The molecule has 2 aliphatic rings. The number of nitrogens with zero attached hydrogens (tertiary/aromatic N) is 3. The van der Waals surface area contributed by atoms with Gasteiger partial charge in [0.15, 0.2) is 39.9 Å². The van der Waals surface area contributed by atoms with Crippen LogP contribution in [0.1, 0.15) is 12.7 Å². The SMILES string of the molecule is C=C(O/C=C\C)c1cc2c(o1)=C/C(=N/c1cc3oc(-c4ccco4)cc3n1B1Oc3ccccc3O1)N=2. The van der Waals surface area contributed by atoms with Crippen LogP contribution in [0.25, 0.3) is 34.5 Å². The minimum Gasteiger partial charge on any atom is -0.503 e. The molecule has 5 aromatic rings. The Morgan fingerprint density at radius 3 is 2.62 bits per heavy atom. The summed E-state index contributed by atoms with van der Waals surface area (Å²) in [6.45, 7) is 5.73. The van der Waals surface area contributed by atoms with Crippen molar-refractivity contribution in [2.24, 2.45) is 9.98 Å². The van der Waals surface area contributed by atoms with E-state index in [1.807, 2.05) is 53.9 Å². The highest BCUT2D eigenvalue weighted by Crippen LogP contribution is 2.38. The van der Waals surface area contributed by atoms with Gasteiger partial charge in [0.05, 0.1) is 18.0 Å². The summed E-state index contributed by atoms with van der Waals surface area (Å²) in [6, 6.07) is 16.6. The first kappa shape index (κ1) is 21.2. The molecular weight excluding hydrogens is 473 g/mol.